The van der Waals surface area contributed by atoms with Gasteiger partial charge >= 0.3 is 0 Å². The van der Waals surface area contributed by atoms with E-state index in [0.717, 1.165) is 24.1 Å². The number of hydrogen-bond acceptors (Lipinski definition) is 4. The summed E-state index contributed by atoms with van der Waals surface area (Å²) in [5, 5.41) is 11.3. The van der Waals surface area contributed by atoms with Crippen LogP contribution >= 0.6 is 11.3 Å². The van der Waals surface area contributed by atoms with Crippen molar-refractivity contribution in [3.8, 4) is 11.3 Å². The number of hydrogen-bond donors (Lipinski definition) is 1. The van der Waals surface area contributed by atoms with Crippen LogP contribution in [0.4, 0.5) is 0 Å². The molecule has 22 heavy (non-hydrogen) atoms. The number of nitrogens with zero attached hydrogens (tertiary/aromatic N) is 2. The van der Waals surface area contributed by atoms with Crippen LogP contribution in [0.1, 0.15) is 30.1 Å². The molecule has 2 aromatic rings. The maximum atomic E-state index is 12.7. The van der Waals surface area contributed by atoms with E-state index in [0.29, 0.717) is 12.1 Å². The van der Waals surface area contributed by atoms with Crippen molar-refractivity contribution in [1.82, 2.24) is 9.88 Å². The molecule has 5 heteroatoms. The normalized spacial score (nSPS) is 21.8. The van der Waals surface area contributed by atoms with Crippen LogP contribution in [0.25, 0.3) is 11.3 Å². The van der Waals surface area contributed by atoms with Gasteiger partial charge in [0.2, 0.25) is 0 Å². The highest BCUT2D eigenvalue weighted by Gasteiger charge is 2.29. The molecule has 1 amide bonds. The second-order valence-electron chi connectivity index (χ2n) is 5.88. The van der Waals surface area contributed by atoms with Gasteiger partial charge in [-0.25, -0.2) is 4.98 Å². The summed E-state index contributed by atoms with van der Waals surface area (Å²) in [5.74, 6) is 0.255. The van der Waals surface area contributed by atoms with Crippen molar-refractivity contribution in [3.05, 3.63) is 40.7 Å². The van der Waals surface area contributed by atoms with E-state index in [1.54, 1.807) is 16.8 Å². The molecule has 0 bridgehead atoms. The number of amides is 1. The predicted octanol–water partition coefficient (Wildman–Crippen LogP) is 3.04. The highest BCUT2D eigenvalue weighted by Crippen LogP contribution is 2.25. The maximum absolute atomic E-state index is 12.7. The first kappa shape index (κ1) is 15.2. The molecule has 1 fully saturated rings. The highest BCUT2D eigenvalue weighted by molar-refractivity contribution is 7.07. The molecule has 0 saturated carbocycles. The minimum absolute atomic E-state index is 0.0514. The molecular formula is C17H20N2O2S. The Balaban J connectivity index is 1.77. The summed E-state index contributed by atoms with van der Waals surface area (Å²) in [6.07, 6.45) is 1.94. The fourth-order valence-corrected chi connectivity index (χ4v) is 3.48. The van der Waals surface area contributed by atoms with Crippen LogP contribution in [0.15, 0.2) is 35.2 Å². The fraction of sp³-hybridized carbons (Fsp3) is 0.412. The SMILES string of the molecule is CC1CCC(CO)CN1C(=O)c1ccc(-c2cscn2)cc1. The van der Waals surface area contributed by atoms with Crippen LogP contribution in [0.2, 0.25) is 0 Å². The van der Waals surface area contributed by atoms with Gasteiger partial charge in [0.15, 0.2) is 0 Å². The van der Waals surface area contributed by atoms with Crippen molar-refractivity contribution in [2.24, 2.45) is 5.92 Å². The maximum Gasteiger partial charge on any atom is 0.254 e. The molecule has 0 radical (unpaired) electrons. The van der Waals surface area contributed by atoms with Gasteiger partial charge in [0.25, 0.3) is 5.91 Å². The van der Waals surface area contributed by atoms with E-state index in [1.165, 1.54) is 0 Å². The number of rotatable bonds is 3. The number of benzene rings is 1. The zero-order chi connectivity index (χ0) is 15.5. The Kier molecular flexibility index (Phi) is 4.55. The molecule has 1 aromatic heterocycles. The van der Waals surface area contributed by atoms with Crippen molar-refractivity contribution in [1.29, 1.82) is 0 Å². The minimum atomic E-state index is 0.0514. The van der Waals surface area contributed by atoms with Gasteiger partial charge in [0, 0.05) is 35.7 Å². The van der Waals surface area contributed by atoms with Gasteiger partial charge in [-0.05, 0) is 37.8 Å². The molecule has 116 valence electrons. The molecule has 1 saturated heterocycles. The highest BCUT2D eigenvalue weighted by atomic mass is 32.1. The van der Waals surface area contributed by atoms with Gasteiger partial charge in [-0.15, -0.1) is 11.3 Å². The van der Waals surface area contributed by atoms with E-state index in [4.69, 9.17) is 0 Å². The first-order valence-corrected chi connectivity index (χ1v) is 8.53. The number of aromatic nitrogens is 1. The summed E-state index contributed by atoms with van der Waals surface area (Å²) in [4.78, 5) is 18.9. The molecule has 1 aliphatic rings. The smallest absolute Gasteiger partial charge is 0.254 e. The summed E-state index contributed by atoms with van der Waals surface area (Å²) in [6, 6.07) is 7.85. The van der Waals surface area contributed by atoms with E-state index in [9.17, 15) is 9.90 Å². The van der Waals surface area contributed by atoms with E-state index >= 15 is 0 Å². The van der Waals surface area contributed by atoms with E-state index in [2.05, 4.69) is 11.9 Å². The summed E-state index contributed by atoms with van der Waals surface area (Å²) in [5.41, 5.74) is 4.47. The van der Waals surface area contributed by atoms with Crippen LogP contribution in [0.3, 0.4) is 0 Å². The Bertz CT molecular complexity index is 625. The van der Waals surface area contributed by atoms with Crippen molar-refractivity contribution >= 4 is 17.2 Å². The summed E-state index contributed by atoms with van der Waals surface area (Å²) >= 11 is 1.56. The number of carbonyl (C=O) groups is 1. The predicted molar refractivity (Wildman–Crippen MR) is 87.9 cm³/mol. The number of thiazole rings is 1. The van der Waals surface area contributed by atoms with Crippen molar-refractivity contribution < 1.29 is 9.90 Å². The molecule has 2 heterocycles. The van der Waals surface area contributed by atoms with Crippen LogP contribution in [0, 0.1) is 5.92 Å². The second kappa shape index (κ2) is 6.58. The van der Waals surface area contributed by atoms with Crippen LogP contribution < -0.4 is 0 Å². The van der Waals surface area contributed by atoms with Crippen molar-refractivity contribution in [3.63, 3.8) is 0 Å². The third kappa shape index (κ3) is 3.05. The van der Waals surface area contributed by atoms with Crippen LogP contribution in [0.5, 0.6) is 0 Å². The molecular weight excluding hydrogens is 296 g/mol. The second-order valence-corrected chi connectivity index (χ2v) is 6.60. The number of carbonyl (C=O) groups excluding carboxylic acids is 1. The molecule has 3 rings (SSSR count). The summed E-state index contributed by atoms with van der Waals surface area (Å²) < 4.78 is 0. The van der Waals surface area contributed by atoms with Gasteiger partial charge in [-0.1, -0.05) is 12.1 Å². The minimum Gasteiger partial charge on any atom is -0.396 e. The number of likely N-dealkylation sites (tertiary alicyclic amines) is 1. The Morgan fingerprint density at radius 3 is 2.77 bits per heavy atom. The van der Waals surface area contributed by atoms with Gasteiger partial charge < -0.3 is 10.0 Å². The largest absolute Gasteiger partial charge is 0.396 e. The van der Waals surface area contributed by atoms with E-state index in [1.807, 2.05) is 34.5 Å². The van der Waals surface area contributed by atoms with Crippen LogP contribution in [-0.2, 0) is 0 Å². The number of aliphatic hydroxyl groups excluding tert-OH is 1. The first-order chi connectivity index (χ1) is 10.7. The third-order valence-corrected chi connectivity index (χ3v) is 4.95. The lowest BCUT2D eigenvalue weighted by Crippen LogP contribution is -2.46. The summed E-state index contributed by atoms with van der Waals surface area (Å²) in [6.45, 7) is 2.87. The molecule has 0 spiro atoms. The molecule has 2 atom stereocenters. The number of piperidine rings is 1. The lowest BCUT2D eigenvalue weighted by Gasteiger charge is -2.37. The zero-order valence-corrected chi connectivity index (χ0v) is 13.4. The molecule has 4 nitrogen and oxygen atoms in total. The van der Waals surface area contributed by atoms with E-state index in [-0.39, 0.29) is 24.5 Å². The van der Waals surface area contributed by atoms with Crippen LogP contribution in [-0.4, -0.2) is 40.1 Å². The molecule has 1 N–H and O–H groups in total. The van der Waals surface area contributed by atoms with Gasteiger partial charge in [-0.3, -0.25) is 4.79 Å². The average molecular weight is 316 g/mol. The zero-order valence-electron chi connectivity index (χ0n) is 12.6. The average Bonchev–Trinajstić information content (AvgIpc) is 3.09. The number of aliphatic hydroxyl groups is 1. The molecule has 0 aliphatic carbocycles. The lowest BCUT2D eigenvalue weighted by atomic mass is 9.93. The van der Waals surface area contributed by atoms with Gasteiger partial charge in [0.05, 0.1) is 11.2 Å². The standard InChI is InChI=1S/C17H20N2O2S/c1-12-2-3-13(9-20)8-19(12)17(21)15-6-4-14(5-7-15)16-10-22-11-18-16/h4-7,10-13,20H,2-3,8-9H2,1H3. The Morgan fingerprint density at radius 2 is 2.14 bits per heavy atom. The van der Waals surface area contributed by atoms with Crippen molar-refractivity contribution in [2.45, 2.75) is 25.8 Å². The van der Waals surface area contributed by atoms with Gasteiger partial charge in [-0.2, -0.15) is 0 Å². The van der Waals surface area contributed by atoms with Gasteiger partial charge in [0.1, 0.15) is 0 Å². The lowest BCUT2D eigenvalue weighted by molar-refractivity contribution is 0.0489. The van der Waals surface area contributed by atoms with Crippen molar-refractivity contribution in [2.75, 3.05) is 13.2 Å². The van der Waals surface area contributed by atoms with E-state index < -0.39 is 0 Å². The monoisotopic (exact) mass is 316 g/mol. The Hall–Kier alpha value is -1.72. The Morgan fingerprint density at radius 1 is 1.36 bits per heavy atom. The molecule has 1 aromatic carbocycles. The third-order valence-electron chi connectivity index (χ3n) is 4.36. The Labute approximate surface area is 134 Å². The summed E-state index contributed by atoms with van der Waals surface area (Å²) in [7, 11) is 0. The fourth-order valence-electron chi connectivity index (χ4n) is 2.92. The molecule has 2 unspecified atom stereocenters. The quantitative estimate of drug-likeness (QED) is 0.947. The topological polar surface area (TPSA) is 53.4 Å². The molecule has 1 aliphatic heterocycles. The first-order valence-electron chi connectivity index (χ1n) is 7.59.